The number of benzene rings is 1. The van der Waals surface area contributed by atoms with E-state index in [0.717, 1.165) is 6.07 Å². The third-order valence-electron chi connectivity index (χ3n) is 3.47. The largest absolute Gasteiger partial charge is 0.417 e. The Kier molecular flexibility index (Phi) is 5.22. The number of hydrogen-bond acceptors (Lipinski definition) is 2. The van der Waals surface area contributed by atoms with Crippen LogP contribution >= 0.6 is 11.6 Å². The number of nitrogens with zero attached hydrogens (tertiary/aromatic N) is 2. The molecule has 0 spiro atoms. The summed E-state index contributed by atoms with van der Waals surface area (Å²) in [6.07, 6.45) is -2.95. The van der Waals surface area contributed by atoms with Crippen LogP contribution in [0.4, 0.5) is 13.2 Å². The topological polar surface area (TPSA) is 46.9 Å². The van der Waals surface area contributed by atoms with Gasteiger partial charge < -0.3 is 5.32 Å². The van der Waals surface area contributed by atoms with Crippen molar-refractivity contribution in [3.8, 4) is 0 Å². The van der Waals surface area contributed by atoms with E-state index in [-0.39, 0.29) is 18.0 Å². The first-order valence-corrected chi connectivity index (χ1v) is 7.65. The summed E-state index contributed by atoms with van der Waals surface area (Å²) in [6, 6.07) is 3.62. The molecule has 4 nitrogen and oxygen atoms in total. The van der Waals surface area contributed by atoms with Crippen molar-refractivity contribution in [3.63, 3.8) is 0 Å². The van der Waals surface area contributed by atoms with Gasteiger partial charge in [-0.05, 0) is 17.5 Å². The molecule has 0 radical (unpaired) electrons. The van der Waals surface area contributed by atoms with Crippen molar-refractivity contribution in [1.82, 2.24) is 15.1 Å². The molecule has 130 valence electrons. The van der Waals surface area contributed by atoms with E-state index in [1.54, 1.807) is 13.2 Å². The van der Waals surface area contributed by atoms with Crippen LogP contribution in [0.15, 0.2) is 24.4 Å². The molecule has 0 fully saturated rings. The van der Waals surface area contributed by atoms with E-state index in [4.69, 9.17) is 11.6 Å². The molecule has 8 heteroatoms. The predicted octanol–water partition coefficient (Wildman–Crippen LogP) is 4.15. The third kappa shape index (κ3) is 3.90. The molecule has 0 bridgehead atoms. The number of carbonyl (C=O) groups excluding carboxylic acids is 1. The molecule has 2 rings (SSSR count). The molecular formula is C16H17ClF3N3O. The number of alkyl halides is 3. The molecule has 0 saturated carbocycles. The smallest absolute Gasteiger partial charge is 0.348 e. The highest BCUT2D eigenvalue weighted by Gasteiger charge is 2.33. The average molecular weight is 360 g/mol. The predicted molar refractivity (Wildman–Crippen MR) is 84.9 cm³/mol. The van der Waals surface area contributed by atoms with Crippen LogP contribution in [0.3, 0.4) is 0 Å². The molecule has 24 heavy (non-hydrogen) atoms. The number of halogens is 4. The highest BCUT2D eigenvalue weighted by Crippen LogP contribution is 2.36. The molecule has 1 aromatic carbocycles. The first-order chi connectivity index (χ1) is 11.1. The van der Waals surface area contributed by atoms with Crippen LogP contribution in [-0.2, 0) is 19.8 Å². The standard InChI is InChI=1S/C16H17ClF3N3O/c1-9(2)14-11(8-23(3)22-14)15(24)21-7-10-5-4-6-12(13(10)17)16(18,19)20/h4-6,8-9H,7H2,1-3H3,(H,21,24). The summed E-state index contributed by atoms with van der Waals surface area (Å²) in [7, 11) is 1.70. The van der Waals surface area contributed by atoms with Crippen molar-refractivity contribution in [2.75, 3.05) is 0 Å². The Morgan fingerprint density at radius 1 is 1.38 bits per heavy atom. The van der Waals surface area contributed by atoms with Gasteiger partial charge in [-0.15, -0.1) is 0 Å². The van der Waals surface area contributed by atoms with Gasteiger partial charge in [-0.1, -0.05) is 37.6 Å². The van der Waals surface area contributed by atoms with Crippen molar-refractivity contribution < 1.29 is 18.0 Å². The fourth-order valence-electron chi connectivity index (χ4n) is 2.31. The second kappa shape index (κ2) is 6.84. The Hall–Kier alpha value is -2.02. The number of aryl methyl sites for hydroxylation is 1. The van der Waals surface area contributed by atoms with E-state index in [1.807, 2.05) is 13.8 Å². The molecule has 0 aliphatic heterocycles. The summed E-state index contributed by atoms with van der Waals surface area (Å²) in [5.74, 6) is -0.357. The maximum absolute atomic E-state index is 12.9. The van der Waals surface area contributed by atoms with Crippen LogP contribution in [-0.4, -0.2) is 15.7 Å². The fraction of sp³-hybridized carbons (Fsp3) is 0.375. The molecule has 0 aliphatic rings. The van der Waals surface area contributed by atoms with E-state index >= 15 is 0 Å². The Bertz CT molecular complexity index is 754. The highest BCUT2D eigenvalue weighted by atomic mass is 35.5. The minimum atomic E-state index is -4.54. The molecule has 1 N–H and O–H groups in total. The number of carbonyl (C=O) groups is 1. The second-order valence-corrected chi connectivity index (χ2v) is 6.09. The number of hydrogen-bond donors (Lipinski definition) is 1. The van der Waals surface area contributed by atoms with Gasteiger partial charge in [0.25, 0.3) is 5.91 Å². The number of nitrogens with one attached hydrogen (secondary N) is 1. The number of aromatic nitrogens is 2. The van der Waals surface area contributed by atoms with Gasteiger partial charge in [-0.25, -0.2) is 0 Å². The van der Waals surface area contributed by atoms with Gasteiger partial charge in [0.1, 0.15) is 0 Å². The highest BCUT2D eigenvalue weighted by molar-refractivity contribution is 6.32. The lowest BCUT2D eigenvalue weighted by Crippen LogP contribution is -2.24. The second-order valence-electron chi connectivity index (χ2n) is 5.72. The van der Waals surface area contributed by atoms with Crippen molar-refractivity contribution in [3.05, 3.63) is 51.8 Å². The van der Waals surface area contributed by atoms with Crippen LogP contribution in [0.1, 0.15) is 46.9 Å². The lowest BCUT2D eigenvalue weighted by atomic mass is 10.1. The summed E-state index contributed by atoms with van der Waals surface area (Å²) in [4.78, 5) is 12.3. The van der Waals surface area contributed by atoms with E-state index in [0.29, 0.717) is 11.3 Å². The molecule has 0 aliphatic carbocycles. The molecule has 2 aromatic rings. The maximum Gasteiger partial charge on any atom is 0.417 e. The quantitative estimate of drug-likeness (QED) is 0.891. The lowest BCUT2D eigenvalue weighted by molar-refractivity contribution is -0.137. The van der Waals surface area contributed by atoms with E-state index in [2.05, 4.69) is 10.4 Å². The van der Waals surface area contributed by atoms with Gasteiger partial charge in [0.15, 0.2) is 0 Å². The summed E-state index contributed by atoms with van der Waals surface area (Å²) in [5.41, 5.74) is 0.315. The molecule has 0 unspecified atom stereocenters. The average Bonchev–Trinajstić information content (AvgIpc) is 2.87. The zero-order valence-electron chi connectivity index (χ0n) is 13.4. The first-order valence-electron chi connectivity index (χ1n) is 7.27. The van der Waals surface area contributed by atoms with Crippen molar-refractivity contribution in [1.29, 1.82) is 0 Å². The van der Waals surface area contributed by atoms with Gasteiger partial charge in [-0.3, -0.25) is 9.48 Å². The van der Waals surface area contributed by atoms with Gasteiger partial charge in [0, 0.05) is 19.8 Å². The Balaban J connectivity index is 2.19. The van der Waals surface area contributed by atoms with Crippen LogP contribution < -0.4 is 5.32 Å². The summed E-state index contributed by atoms with van der Waals surface area (Å²) in [6.45, 7) is 3.71. The van der Waals surface area contributed by atoms with Gasteiger partial charge in [0.05, 0.1) is 21.8 Å². The molecular weight excluding hydrogens is 343 g/mol. The van der Waals surface area contributed by atoms with E-state index < -0.39 is 22.7 Å². The van der Waals surface area contributed by atoms with Gasteiger partial charge >= 0.3 is 6.18 Å². The van der Waals surface area contributed by atoms with Crippen molar-refractivity contribution in [2.24, 2.45) is 7.05 Å². The Labute approximate surface area is 142 Å². The van der Waals surface area contributed by atoms with E-state index in [1.165, 1.54) is 16.8 Å². The third-order valence-corrected chi connectivity index (χ3v) is 3.92. The number of rotatable bonds is 4. The normalized spacial score (nSPS) is 11.8. The van der Waals surface area contributed by atoms with Crippen molar-refractivity contribution >= 4 is 17.5 Å². The zero-order chi connectivity index (χ0) is 18.1. The molecule has 1 aromatic heterocycles. The molecule has 0 saturated heterocycles. The lowest BCUT2D eigenvalue weighted by Gasteiger charge is -2.13. The minimum Gasteiger partial charge on any atom is -0.348 e. The van der Waals surface area contributed by atoms with Crippen LogP contribution in [0, 0.1) is 0 Å². The van der Waals surface area contributed by atoms with Gasteiger partial charge in [-0.2, -0.15) is 18.3 Å². The summed E-state index contributed by atoms with van der Waals surface area (Å²) in [5, 5.41) is 6.43. The SMILES string of the molecule is CC(C)c1nn(C)cc1C(=O)NCc1cccc(C(F)(F)F)c1Cl. The summed E-state index contributed by atoms with van der Waals surface area (Å²) >= 11 is 5.82. The number of amides is 1. The van der Waals surface area contributed by atoms with E-state index in [9.17, 15) is 18.0 Å². The van der Waals surface area contributed by atoms with Crippen LogP contribution in [0.2, 0.25) is 5.02 Å². The zero-order valence-corrected chi connectivity index (χ0v) is 14.2. The Morgan fingerprint density at radius 2 is 2.04 bits per heavy atom. The molecule has 1 heterocycles. The Morgan fingerprint density at radius 3 is 2.62 bits per heavy atom. The first kappa shape index (κ1) is 18.3. The summed E-state index contributed by atoms with van der Waals surface area (Å²) < 4.78 is 40.1. The van der Waals surface area contributed by atoms with Crippen LogP contribution in [0.5, 0.6) is 0 Å². The molecule has 1 amide bonds. The van der Waals surface area contributed by atoms with Crippen molar-refractivity contribution in [2.45, 2.75) is 32.5 Å². The molecule has 0 atom stereocenters. The van der Waals surface area contributed by atoms with Crippen LogP contribution in [0.25, 0.3) is 0 Å². The van der Waals surface area contributed by atoms with Gasteiger partial charge in [0.2, 0.25) is 0 Å². The monoisotopic (exact) mass is 359 g/mol. The fourth-order valence-corrected chi connectivity index (χ4v) is 2.61. The maximum atomic E-state index is 12.9. The minimum absolute atomic E-state index is 0.0455.